The largest absolute Gasteiger partial charge is 0.606 e. The summed E-state index contributed by atoms with van der Waals surface area (Å²) < 4.78 is 29.4. The van der Waals surface area contributed by atoms with E-state index in [1.54, 1.807) is 0 Å². The molecule has 1 saturated heterocycles. The van der Waals surface area contributed by atoms with Gasteiger partial charge < -0.3 is 23.6 Å². The van der Waals surface area contributed by atoms with Crippen molar-refractivity contribution in [1.82, 2.24) is 0 Å². The number of carbonyl (C=O) groups excluding carboxylic acids is 3. The maximum atomic E-state index is 13.6. The fourth-order valence-electron chi connectivity index (χ4n) is 11.5. The zero-order chi connectivity index (χ0) is 62.5. The first-order valence-corrected chi connectivity index (χ1v) is 36.4. The maximum absolute atomic E-state index is 13.6. The molecule has 0 amide bonds. The monoisotopic (exact) mass is 1220 g/mol. The number of hydrogen-bond acceptors (Lipinski definition) is 12. The number of unbranched alkanes of at least 4 members (excludes halogenated alkanes) is 32. The third-order valence-electron chi connectivity index (χ3n) is 17.3. The van der Waals surface area contributed by atoms with Gasteiger partial charge in [-0.2, -0.15) is 18.8 Å². The van der Waals surface area contributed by atoms with E-state index in [-0.39, 0.29) is 37.9 Å². The molecular formula is C71H129NO12P+. The third kappa shape index (κ3) is 37.4. The average molecular weight is 1220 g/mol. The lowest BCUT2D eigenvalue weighted by Crippen LogP contribution is -2.54. The van der Waals surface area contributed by atoms with E-state index in [1.807, 2.05) is 48.0 Å². The summed E-state index contributed by atoms with van der Waals surface area (Å²) in [6.07, 6.45) is 53.1. The molecule has 2 aliphatic rings. The normalized spacial score (nSPS) is 19.1. The molecule has 4 unspecified atom stereocenters. The second-order valence-corrected chi connectivity index (χ2v) is 27.9. The number of Topliss-reactive ketones (excluding diaryl/α,β-unsaturated/α-hetero) is 1. The van der Waals surface area contributed by atoms with Crippen molar-refractivity contribution in [2.24, 2.45) is 0 Å². The van der Waals surface area contributed by atoms with Crippen molar-refractivity contribution in [3.05, 3.63) is 46.6 Å². The quantitative estimate of drug-likeness (QED) is 0.0117. The van der Waals surface area contributed by atoms with Crippen LogP contribution in [0.3, 0.4) is 0 Å². The highest BCUT2D eigenvalue weighted by atomic mass is 31.2. The van der Waals surface area contributed by atoms with Gasteiger partial charge in [0.05, 0.1) is 26.7 Å². The molecule has 0 aromatic rings. The lowest BCUT2D eigenvalue weighted by molar-refractivity contribution is -0.870. The molecule has 1 N–H and O–H groups in total. The molecule has 1 fully saturated rings. The van der Waals surface area contributed by atoms with Crippen molar-refractivity contribution in [3.63, 3.8) is 0 Å². The standard InChI is InChI=1S/C71H128NO12P/c1-11-14-17-20-23-25-27-29-31-33-35-38-44-49-55-70(7)56-54-66-62(5)69(75)61(4)63(6)71(66,83-70)84-82-64(50-45-40-36-22-19-16-13-3)51-46-41-39-43-48-53-68(74)81-65(60-80-85(76,77)79-58-57-72(8,9)10)59-78-67(73)52-47-42-37-34-32-30-28-26-24-21-18-15-12-2/h36,40,45,50,64-65H,11-35,37-39,41-44,46-49,51-60H2,1-10H3/p+1/b40-36+,50-45+/t64?,65-,70?,71?/m1/s1. The molecule has 1 aliphatic carbocycles. The lowest BCUT2D eigenvalue weighted by Gasteiger charge is -2.50. The van der Waals surface area contributed by atoms with Gasteiger partial charge in [-0.15, -0.1) is 0 Å². The Morgan fingerprint density at radius 3 is 1.65 bits per heavy atom. The molecule has 0 spiro atoms. The van der Waals surface area contributed by atoms with Crippen LogP contribution in [0.25, 0.3) is 0 Å². The van der Waals surface area contributed by atoms with E-state index in [0.29, 0.717) is 47.9 Å². The van der Waals surface area contributed by atoms with Gasteiger partial charge in [-0.25, -0.2) is 4.89 Å². The number of nitrogens with zero attached hydrogens (tertiary/aromatic N) is 1. The first-order valence-electron chi connectivity index (χ1n) is 34.9. The van der Waals surface area contributed by atoms with Crippen LogP contribution < -0.4 is 4.89 Å². The highest BCUT2D eigenvalue weighted by Crippen LogP contribution is 2.51. The SMILES string of the molecule is CCCCC/C=C/C=C/C(CCCCCCCC(=O)O[C@H](COC(=O)CCCCCCCCCCCCCCC)CO[P+]([O-])(O)OCC[N+](C)(C)C)OOC12OC(C)(CCCCCCCCCCCCCCCC)CCC1=C(C)C(=O)C(C)=C2C. The van der Waals surface area contributed by atoms with Crippen molar-refractivity contribution in [2.45, 2.75) is 342 Å². The summed E-state index contributed by atoms with van der Waals surface area (Å²) in [5.41, 5.74) is 2.51. The summed E-state index contributed by atoms with van der Waals surface area (Å²) >= 11 is 0. The molecule has 14 heteroatoms. The highest BCUT2D eigenvalue weighted by Gasteiger charge is 2.54. The van der Waals surface area contributed by atoms with Crippen molar-refractivity contribution in [2.75, 3.05) is 47.5 Å². The van der Waals surface area contributed by atoms with Crippen molar-refractivity contribution in [3.8, 4) is 0 Å². The Bertz CT molecular complexity index is 1890. The van der Waals surface area contributed by atoms with Crippen LogP contribution in [0.4, 0.5) is 0 Å². The van der Waals surface area contributed by atoms with Gasteiger partial charge in [0.2, 0.25) is 5.79 Å². The predicted molar refractivity (Wildman–Crippen MR) is 348 cm³/mol. The van der Waals surface area contributed by atoms with Gasteiger partial charge >= 0.3 is 20.1 Å². The number of ketones is 1. The van der Waals surface area contributed by atoms with Crippen LogP contribution in [0.5, 0.6) is 0 Å². The summed E-state index contributed by atoms with van der Waals surface area (Å²) in [4.78, 5) is 75.9. The molecule has 2 rings (SSSR count). The highest BCUT2D eigenvalue weighted by molar-refractivity contribution is 7.52. The van der Waals surface area contributed by atoms with Gasteiger partial charge in [-0.1, -0.05) is 251 Å². The fraction of sp³-hybridized carbons (Fsp3) is 0.845. The van der Waals surface area contributed by atoms with Crippen LogP contribution in [0, 0.1) is 0 Å². The zero-order valence-electron chi connectivity index (χ0n) is 56.3. The minimum absolute atomic E-state index is 0.00228. The lowest BCUT2D eigenvalue weighted by atomic mass is 9.75. The molecular weight excluding hydrogens is 1090 g/mol. The Morgan fingerprint density at radius 2 is 1.12 bits per heavy atom. The van der Waals surface area contributed by atoms with Crippen molar-refractivity contribution < 1.29 is 61.7 Å². The number of rotatable bonds is 56. The van der Waals surface area contributed by atoms with Crippen LogP contribution >= 0.6 is 8.17 Å². The molecule has 5 atom stereocenters. The van der Waals surface area contributed by atoms with E-state index in [1.165, 1.54) is 154 Å². The van der Waals surface area contributed by atoms with Crippen LogP contribution in [-0.4, -0.2) is 98.2 Å². The summed E-state index contributed by atoms with van der Waals surface area (Å²) in [6.45, 7) is 14.4. The minimum atomic E-state index is -4.46. The Balaban J connectivity index is 1.97. The summed E-state index contributed by atoms with van der Waals surface area (Å²) in [5.74, 6) is -2.13. The number of esters is 2. The van der Waals surface area contributed by atoms with Crippen molar-refractivity contribution >= 4 is 25.9 Å². The predicted octanol–water partition coefficient (Wildman–Crippen LogP) is 18.8. The van der Waals surface area contributed by atoms with E-state index in [2.05, 4.69) is 45.9 Å². The summed E-state index contributed by atoms with van der Waals surface area (Å²) in [7, 11) is 1.37. The molecule has 0 aromatic carbocycles. The molecule has 0 aromatic heterocycles. The second-order valence-electron chi connectivity index (χ2n) is 26.4. The van der Waals surface area contributed by atoms with Gasteiger partial charge in [0.25, 0.3) is 0 Å². The summed E-state index contributed by atoms with van der Waals surface area (Å²) in [5, 5.41) is 0. The number of ether oxygens (including phenoxy) is 3. The third-order valence-corrected chi connectivity index (χ3v) is 18.3. The van der Waals surface area contributed by atoms with E-state index in [4.69, 9.17) is 33.0 Å². The number of allylic oxidation sites excluding steroid dienone is 5. The van der Waals surface area contributed by atoms with Crippen LogP contribution in [-0.2, 0) is 47.4 Å². The molecule has 0 radical (unpaired) electrons. The minimum Gasteiger partial charge on any atom is -0.606 e. The van der Waals surface area contributed by atoms with Crippen LogP contribution in [0.1, 0.15) is 318 Å². The number of phosphoric acid groups is 1. The molecule has 0 saturated carbocycles. The Labute approximate surface area is 521 Å². The van der Waals surface area contributed by atoms with Crippen molar-refractivity contribution in [1.29, 1.82) is 0 Å². The smallest absolute Gasteiger partial charge is 0.377 e. The Morgan fingerprint density at radius 1 is 0.635 bits per heavy atom. The number of hydrogen-bond donors (Lipinski definition) is 1. The maximum Gasteiger partial charge on any atom is 0.377 e. The Kier molecular flexibility index (Phi) is 44.1. The van der Waals surface area contributed by atoms with Gasteiger partial charge in [0.1, 0.15) is 32.5 Å². The number of fused-ring (bicyclic) bond motifs is 1. The van der Waals surface area contributed by atoms with E-state index in [9.17, 15) is 24.2 Å². The number of likely N-dealkylation sites (N-methyl/N-ethyl adjacent to an activating group) is 1. The van der Waals surface area contributed by atoms with Gasteiger partial charge in [0, 0.05) is 29.6 Å². The van der Waals surface area contributed by atoms with E-state index < -0.39 is 44.2 Å². The van der Waals surface area contributed by atoms with Gasteiger partial charge in [-0.05, 0) is 84.6 Å². The molecule has 0 bridgehead atoms. The number of quaternary nitrogens is 1. The van der Waals surface area contributed by atoms with E-state index >= 15 is 0 Å². The van der Waals surface area contributed by atoms with Gasteiger partial charge in [0.15, 0.2) is 11.9 Å². The van der Waals surface area contributed by atoms with Crippen LogP contribution in [0.15, 0.2) is 46.6 Å². The Hall–Kier alpha value is -2.32. The number of carbonyl (C=O) groups is 3. The second kappa shape index (κ2) is 47.6. The zero-order valence-corrected chi connectivity index (χ0v) is 57.2. The van der Waals surface area contributed by atoms with Crippen LogP contribution in [0.2, 0.25) is 0 Å². The molecule has 1 aliphatic heterocycles. The molecule has 85 heavy (non-hydrogen) atoms. The first-order chi connectivity index (χ1) is 40.8. The molecule has 13 nitrogen and oxygen atoms in total. The van der Waals surface area contributed by atoms with Gasteiger partial charge in [-0.3, -0.25) is 14.4 Å². The first kappa shape index (κ1) is 78.8. The molecule has 494 valence electrons. The number of phosphoric ester groups is 1. The molecule has 1 heterocycles. The average Bonchev–Trinajstić information content (AvgIpc) is 1.31. The topological polar surface area (TPSA) is 159 Å². The summed E-state index contributed by atoms with van der Waals surface area (Å²) in [6, 6.07) is 0. The van der Waals surface area contributed by atoms with E-state index in [0.717, 1.165) is 88.2 Å². The fourth-order valence-corrected chi connectivity index (χ4v) is 12.2.